The quantitative estimate of drug-likeness (QED) is 0.123. The number of Topliss-reactive ketones (excluding diaryl/α,β-unsaturated/α-hetero) is 2. The molecule has 0 saturated heterocycles. The summed E-state index contributed by atoms with van der Waals surface area (Å²) in [6, 6.07) is 11.2. The van der Waals surface area contributed by atoms with Gasteiger partial charge in [0.25, 0.3) is 0 Å². The van der Waals surface area contributed by atoms with Gasteiger partial charge < -0.3 is 14.1 Å². The first-order valence-electron chi connectivity index (χ1n) is 12.8. The predicted octanol–water partition coefficient (Wildman–Crippen LogP) is 5.63. The summed E-state index contributed by atoms with van der Waals surface area (Å²) < 4.78 is 6.82. The standard InChI is InChI=1S/C29H32N2O6/c1-4-31-25-13-10-20(28(34)19-8-6-5-7-9-19)16-22(25)23-17-21(11-14-26(23)31)29(35)24(30-37-18(2)32)12-15-27(33)36-3/h10-11,13-14,16-17,19H,4-9,12,15H2,1-3H3. The maximum Gasteiger partial charge on any atom is 0.331 e. The highest BCUT2D eigenvalue weighted by molar-refractivity contribution is 6.46. The Morgan fingerprint density at radius 1 is 0.919 bits per heavy atom. The first kappa shape index (κ1) is 26.3. The number of hydrogen-bond donors (Lipinski definition) is 0. The van der Waals surface area contributed by atoms with E-state index in [9.17, 15) is 19.2 Å². The lowest BCUT2D eigenvalue weighted by molar-refractivity contribution is -0.141. The summed E-state index contributed by atoms with van der Waals surface area (Å²) in [6.07, 6.45) is 5.12. The molecule has 1 aliphatic rings. The molecular weight excluding hydrogens is 472 g/mol. The van der Waals surface area contributed by atoms with E-state index in [2.05, 4.69) is 21.4 Å². The molecule has 1 fully saturated rings. The van der Waals surface area contributed by atoms with Gasteiger partial charge in [0.05, 0.1) is 13.5 Å². The Hall–Kier alpha value is -3.81. The van der Waals surface area contributed by atoms with Gasteiger partial charge >= 0.3 is 11.9 Å². The molecule has 2 aromatic carbocycles. The van der Waals surface area contributed by atoms with Crippen molar-refractivity contribution < 1.29 is 28.8 Å². The molecule has 3 aromatic rings. The van der Waals surface area contributed by atoms with Crippen molar-refractivity contribution in [2.45, 2.75) is 65.3 Å². The van der Waals surface area contributed by atoms with Gasteiger partial charge in [-0.2, -0.15) is 0 Å². The van der Waals surface area contributed by atoms with Crippen LogP contribution < -0.4 is 0 Å². The van der Waals surface area contributed by atoms with Gasteiger partial charge in [0.1, 0.15) is 5.71 Å². The zero-order valence-corrected chi connectivity index (χ0v) is 21.5. The summed E-state index contributed by atoms with van der Waals surface area (Å²) in [5.74, 6) is -1.36. The van der Waals surface area contributed by atoms with Gasteiger partial charge in [0, 0.05) is 58.7 Å². The van der Waals surface area contributed by atoms with Crippen LogP contribution in [0.25, 0.3) is 21.8 Å². The number of methoxy groups -OCH3 is 1. The molecule has 0 aliphatic heterocycles. The third kappa shape index (κ3) is 5.63. The van der Waals surface area contributed by atoms with E-state index in [1.165, 1.54) is 20.5 Å². The molecule has 0 N–H and O–H groups in total. The fourth-order valence-corrected chi connectivity index (χ4v) is 5.15. The molecule has 8 nitrogen and oxygen atoms in total. The number of carbonyl (C=O) groups excluding carboxylic acids is 4. The highest BCUT2D eigenvalue weighted by Gasteiger charge is 2.24. The van der Waals surface area contributed by atoms with E-state index in [0.717, 1.165) is 54.0 Å². The van der Waals surface area contributed by atoms with E-state index in [-0.39, 0.29) is 30.3 Å². The van der Waals surface area contributed by atoms with E-state index in [1.807, 2.05) is 24.3 Å². The monoisotopic (exact) mass is 504 g/mol. The third-order valence-electron chi connectivity index (χ3n) is 7.04. The Balaban J connectivity index is 1.75. The van der Waals surface area contributed by atoms with Crippen molar-refractivity contribution in [3.05, 3.63) is 47.5 Å². The van der Waals surface area contributed by atoms with Crippen molar-refractivity contribution in [2.75, 3.05) is 7.11 Å². The Labute approximate surface area is 215 Å². The molecule has 1 saturated carbocycles. The Morgan fingerprint density at radius 3 is 2.14 bits per heavy atom. The Morgan fingerprint density at radius 2 is 1.54 bits per heavy atom. The van der Waals surface area contributed by atoms with Gasteiger partial charge in [-0.15, -0.1) is 0 Å². The molecule has 0 radical (unpaired) electrons. The smallest absolute Gasteiger partial charge is 0.331 e. The molecule has 0 amide bonds. The van der Waals surface area contributed by atoms with Crippen molar-refractivity contribution >= 4 is 51.0 Å². The molecule has 0 unspecified atom stereocenters. The second-order valence-corrected chi connectivity index (χ2v) is 9.43. The molecule has 1 aliphatic carbocycles. The maximum atomic E-state index is 13.4. The molecule has 0 atom stereocenters. The van der Waals surface area contributed by atoms with E-state index >= 15 is 0 Å². The minimum Gasteiger partial charge on any atom is -0.469 e. The zero-order valence-electron chi connectivity index (χ0n) is 21.5. The first-order valence-corrected chi connectivity index (χ1v) is 12.8. The van der Waals surface area contributed by atoms with E-state index in [4.69, 9.17) is 4.84 Å². The number of hydrogen-bond acceptors (Lipinski definition) is 7. The summed E-state index contributed by atoms with van der Waals surface area (Å²) in [7, 11) is 1.26. The number of carbonyl (C=O) groups is 4. The van der Waals surface area contributed by atoms with Gasteiger partial charge in [-0.1, -0.05) is 24.4 Å². The minimum atomic E-state index is -0.667. The summed E-state index contributed by atoms with van der Waals surface area (Å²) in [4.78, 5) is 54.3. The van der Waals surface area contributed by atoms with Crippen LogP contribution in [0.4, 0.5) is 0 Å². The highest BCUT2D eigenvalue weighted by atomic mass is 16.7. The number of aryl methyl sites for hydroxylation is 1. The molecule has 37 heavy (non-hydrogen) atoms. The Bertz CT molecular complexity index is 1390. The molecule has 0 spiro atoms. The average molecular weight is 505 g/mol. The van der Waals surface area contributed by atoms with Crippen LogP contribution in [0.15, 0.2) is 41.6 Å². The predicted molar refractivity (Wildman–Crippen MR) is 141 cm³/mol. The summed E-state index contributed by atoms with van der Waals surface area (Å²) in [6.45, 7) is 3.96. The lowest BCUT2D eigenvalue weighted by Crippen LogP contribution is -2.18. The van der Waals surface area contributed by atoms with Crippen LogP contribution in [0.3, 0.4) is 0 Å². The third-order valence-corrected chi connectivity index (χ3v) is 7.04. The summed E-state index contributed by atoms with van der Waals surface area (Å²) >= 11 is 0. The lowest BCUT2D eigenvalue weighted by Gasteiger charge is -2.20. The van der Waals surface area contributed by atoms with Gasteiger partial charge in [-0.05, 0) is 56.2 Å². The van der Waals surface area contributed by atoms with Crippen LogP contribution >= 0.6 is 0 Å². The fraction of sp³-hybridized carbons (Fsp3) is 0.414. The van der Waals surface area contributed by atoms with Gasteiger partial charge in [-0.3, -0.25) is 14.4 Å². The number of ketones is 2. The SMILES string of the molecule is CCn1c2ccc(C(=O)C(CCC(=O)OC)=NOC(C)=O)cc2c2cc(C(=O)C3CCCCC3)ccc21. The number of esters is 1. The van der Waals surface area contributed by atoms with Crippen LogP contribution in [0.1, 0.15) is 79.5 Å². The average Bonchev–Trinajstić information content (AvgIpc) is 3.24. The van der Waals surface area contributed by atoms with E-state index in [0.29, 0.717) is 11.1 Å². The van der Waals surface area contributed by atoms with Gasteiger partial charge in [-0.25, -0.2) is 4.79 Å². The molecule has 0 bridgehead atoms. The minimum absolute atomic E-state index is 0.0341. The summed E-state index contributed by atoms with van der Waals surface area (Å²) in [5.41, 5.74) is 2.93. The molecule has 1 aromatic heterocycles. The molecule has 8 heteroatoms. The lowest BCUT2D eigenvalue weighted by atomic mass is 9.83. The van der Waals surface area contributed by atoms with Crippen LogP contribution in [0, 0.1) is 5.92 Å². The van der Waals surface area contributed by atoms with Gasteiger partial charge in [0.2, 0.25) is 5.78 Å². The van der Waals surface area contributed by atoms with Crippen molar-refractivity contribution in [3.8, 4) is 0 Å². The van der Waals surface area contributed by atoms with Crippen molar-refractivity contribution in [3.63, 3.8) is 0 Å². The number of nitrogens with zero attached hydrogens (tertiary/aromatic N) is 2. The molecule has 1 heterocycles. The molecule has 194 valence electrons. The number of aromatic nitrogens is 1. The Kier molecular flexibility index (Phi) is 8.16. The van der Waals surface area contributed by atoms with E-state index < -0.39 is 17.7 Å². The van der Waals surface area contributed by atoms with E-state index in [1.54, 1.807) is 12.1 Å². The maximum absolute atomic E-state index is 13.4. The van der Waals surface area contributed by atoms with Gasteiger partial charge in [0.15, 0.2) is 5.78 Å². The van der Waals surface area contributed by atoms with Crippen molar-refractivity contribution in [1.29, 1.82) is 0 Å². The molecular formula is C29H32N2O6. The second-order valence-electron chi connectivity index (χ2n) is 9.43. The van der Waals surface area contributed by atoms with Crippen LogP contribution in [-0.2, 0) is 25.7 Å². The van der Waals surface area contributed by atoms with Crippen molar-refractivity contribution in [2.24, 2.45) is 11.1 Å². The largest absolute Gasteiger partial charge is 0.469 e. The number of ether oxygens (including phenoxy) is 1. The molecule has 4 rings (SSSR count). The normalized spacial score (nSPS) is 14.6. The van der Waals surface area contributed by atoms with Crippen LogP contribution in [0.2, 0.25) is 0 Å². The number of oxime groups is 1. The number of benzene rings is 2. The number of fused-ring (bicyclic) bond motifs is 3. The summed E-state index contributed by atoms with van der Waals surface area (Å²) in [5, 5.41) is 5.47. The fourth-order valence-electron chi connectivity index (χ4n) is 5.15. The van der Waals surface area contributed by atoms with Crippen molar-refractivity contribution in [1.82, 2.24) is 4.57 Å². The van der Waals surface area contributed by atoms with Crippen LogP contribution in [-0.4, -0.2) is 40.9 Å². The first-order chi connectivity index (χ1) is 17.8. The second kappa shape index (κ2) is 11.5. The van der Waals surface area contributed by atoms with Crippen LogP contribution in [0.5, 0.6) is 0 Å². The zero-order chi connectivity index (χ0) is 26.5. The topological polar surface area (TPSA) is 104 Å². The number of rotatable bonds is 9. The highest BCUT2D eigenvalue weighted by Crippen LogP contribution is 2.33.